The third-order valence-electron chi connectivity index (χ3n) is 9.15. The fourth-order valence-electron chi connectivity index (χ4n) is 6.75. The van der Waals surface area contributed by atoms with Crippen LogP contribution in [0.15, 0.2) is 108 Å². The van der Waals surface area contributed by atoms with Crippen LogP contribution in [0, 0.1) is 5.41 Å². The molecule has 51 heavy (non-hydrogen) atoms. The second kappa shape index (κ2) is 14.0. The van der Waals surface area contributed by atoms with Crippen LogP contribution in [0.2, 0.25) is 0 Å². The number of hydrogen-bond donors (Lipinski definition) is 2. The Morgan fingerprint density at radius 3 is 2.04 bits per heavy atom. The molecule has 0 aliphatic heterocycles. The van der Waals surface area contributed by atoms with Crippen LogP contribution in [0.25, 0.3) is 11.2 Å². The monoisotopic (exact) mass is 687 g/mol. The quantitative estimate of drug-likeness (QED) is 0.117. The van der Waals surface area contributed by atoms with Crippen molar-refractivity contribution in [3.8, 4) is 5.75 Å². The predicted octanol–water partition coefficient (Wildman–Crippen LogP) is 4.31. The van der Waals surface area contributed by atoms with Gasteiger partial charge < -0.3 is 24.3 Å². The molecule has 0 unspecified atom stereocenters. The van der Waals surface area contributed by atoms with Crippen LogP contribution in [-0.2, 0) is 31.1 Å². The van der Waals surface area contributed by atoms with Crippen molar-refractivity contribution in [2.45, 2.75) is 38.6 Å². The van der Waals surface area contributed by atoms with Crippen LogP contribution >= 0.6 is 0 Å². The minimum absolute atomic E-state index is 0.00998. The van der Waals surface area contributed by atoms with Gasteiger partial charge in [0.15, 0.2) is 22.7 Å². The number of benzene rings is 3. The van der Waals surface area contributed by atoms with Gasteiger partial charge in [0.2, 0.25) is 5.91 Å². The van der Waals surface area contributed by atoms with Crippen LogP contribution < -0.4 is 10.3 Å². The topological polar surface area (TPSA) is 165 Å². The van der Waals surface area contributed by atoms with Crippen LogP contribution in [0.4, 0.5) is 0 Å². The number of H-pyrrole nitrogens is 1. The number of nitrogens with one attached hydrogen (secondary N) is 1. The summed E-state index contributed by atoms with van der Waals surface area (Å²) in [5, 5.41) is 9.63. The summed E-state index contributed by atoms with van der Waals surface area (Å²) < 4.78 is 6.83. The van der Waals surface area contributed by atoms with Crippen molar-refractivity contribution < 1.29 is 29.0 Å². The first-order valence-corrected chi connectivity index (χ1v) is 16.4. The summed E-state index contributed by atoms with van der Waals surface area (Å²) in [5.41, 5.74) is 0.321. The number of carboxylic acids is 1. The molecule has 12 heteroatoms. The lowest BCUT2D eigenvalue weighted by molar-refractivity contribution is -0.144. The lowest BCUT2D eigenvalue weighted by Gasteiger charge is -2.35. The maximum Gasteiger partial charge on any atom is 0.323 e. The normalized spacial score (nSPS) is 14.4. The summed E-state index contributed by atoms with van der Waals surface area (Å²) in [4.78, 5) is 78.0. The van der Waals surface area contributed by atoms with Gasteiger partial charge in [0.1, 0.15) is 30.1 Å². The Kier molecular flexibility index (Phi) is 9.51. The summed E-state index contributed by atoms with van der Waals surface area (Å²) in [6, 6.07) is 26.7. The molecule has 5 aromatic rings. The van der Waals surface area contributed by atoms with Gasteiger partial charge in [-0.1, -0.05) is 92.7 Å². The fraction of sp³-hybridized carbons (Fsp3) is 0.256. The zero-order valence-corrected chi connectivity index (χ0v) is 28.5. The number of aliphatic carboxylic acids is 1. The van der Waals surface area contributed by atoms with E-state index in [0.29, 0.717) is 5.75 Å². The molecule has 0 spiro atoms. The van der Waals surface area contributed by atoms with Crippen LogP contribution in [0.1, 0.15) is 49.2 Å². The van der Waals surface area contributed by atoms with E-state index in [1.165, 1.54) is 17.0 Å². The molecule has 1 amide bonds. The van der Waals surface area contributed by atoms with Gasteiger partial charge in [-0.2, -0.15) is 0 Å². The van der Waals surface area contributed by atoms with Gasteiger partial charge in [0.05, 0.1) is 19.0 Å². The largest absolute Gasteiger partial charge is 0.497 e. The second-order valence-electron chi connectivity index (χ2n) is 13.3. The Balaban J connectivity index is 1.45. The van der Waals surface area contributed by atoms with E-state index in [4.69, 9.17) is 9.72 Å². The van der Waals surface area contributed by atoms with Gasteiger partial charge in [-0.15, -0.1) is 0 Å². The zero-order valence-electron chi connectivity index (χ0n) is 28.5. The van der Waals surface area contributed by atoms with Crippen molar-refractivity contribution >= 4 is 34.6 Å². The highest BCUT2D eigenvalue weighted by atomic mass is 16.5. The first kappa shape index (κ1) is 34.7. The number of fused-ring (bicyclic) bond motifs is 1. The molecule has 12 nitrogen and oxygen atoms in total. The van der Waals surface area contributed by atoms with E-state index in [9.17, 15) is 29.1 Å². The summed E-state index contributed by atoms with van der Waals surface area (Å²) >= 11 is 0. The number of allylic oxidation sites excluding steroid dienone is 1. The average molecular weight is 688 g/mol. The van der Waals surface area contributed by atoms with Crippen molar-refractivity contribution in [1.29, 1.82) is 0 Å². The average Bonchev–Trinajstić information content (AvgIpc) is 3.51. The highest BCUT2D eigenvalue weighted by molar-refractivity contribution is 6.22. The lowest BCUT2D eigenvalue weighted by Crippen LogP contribution is -2.39. The zero-order chi connectivity index (χ0) is 36.3. The van der Waals surface area contributed by atoms with Crippen molar-refractivity contribution in [1.82, 2.24) is 24.4 Å². The molecule has 260 valence electrons. The Morgan fingerprint density at radius 1 is 0.922 bits per heavy atom. The number of aromatic amines is 1. The summed E-state index contributed by atoms with van der Waals surface area (Å²) in [5.74, 6) is -1.68. The highest BCUT2D eigenvalue weighted by Crippen LogP contribution is 2.44. The van der Waals surface area contributed by atoms with Gasteiger partial charge in [0.25, 0.3) is 5.56 Å². The molecule has 0 bridgehead atoms. The number of aromatic nitrogens is 4. The van der Waals surface area contributed by atoms with Gasteiger partial charge in [-0.25, -0.2) is 9.97 Å². The molecular formula is C39H37N5O7. The number of imidazole rings is 1. The van der Waals surface area contributed by atoms with Gasteiger partial charge in [0, 0.05) is 19.4 Å². The van der Waals surface area contributed by atoms with Gasteiger partial charge in [-0.3, -0.25) is 24.0 Å². The van der Waals surface area contributed by atoms with Crippen molar-refractivity contribution in [3.63, 3.8) is 0 Å². The minimum Gasteiger partial charge on any atom is -0.497 e. The predicted molar refractivity (Wildman–Crippen MR) is 188 cm³/mol. The molecule has 3 aromatic carbocycles. The Hall–Kier alpha value is -6.17. The molecule has 2 heterocycles. The van der Waals surface area contributed by atoms with E-state index >= 15 is 0 Å². The Morgan fingerprint density at radius 2 is 1.49 bits per heavy atom. The van der Waals surface area contributed by atoms with E-state index < -0.39 is 41.4 Å². The van der Waals surface area contributed by atoms with Crippen LogP contribution in [0.3, 0.4) is 0 Å². The standard InChI is InChI=1S/C39H37N5O7/c1-38(2)20-30(45)29(31(46)21-38)18-19-43(23-33(48)49)32(47)22-44-24-40-34-35(44)41-37(42-36(34)50)39(25-10-6-4-7-11-25,26-12-8-5-9-13-26)27-14-16-28(51-3)17-15-27/h4-18,24H,19-23H2,1-3H3,(H,48,49)(H,41,42,50). The number of carbonyl (C=O) groups is 4. The smallest absolute Gasteiger partial charge is 0.323 e. The molecule has 2 N–H and O–H groups in total. The highest BCUT2D eigenvalue weighted by Gasteiger charge is 2.42. The molecule has 0 radical (unpaired) electrons. The lowest BCUT2D eigenvalue weighted by atomic mass is 9.68. The number of nitrogens with zero attached hydrogens (tertiary/aromatic N) is 4. The molecule has 1 aliphatic carbocycles. The summed E-state index contributed by atoms with van der Waals surface area (Å²) in [7, 11) is 1.58. The van der Waals surface area contributed by atoms with E-state index in [1.54, 1.807) is 7.11 Å². The summed E-state index contributed by atoms with van der Waals surface area (Å²) in [6.45, 7) is 2.31. The number of Topliss-reactive ketones (excluding diaryl/α,β-unsaturated/α-hetero) is 2. The van der Waals surface area contributed by atoms with Gasteiger partial charge in [-0.05, 0) is 34.2 Å². The maximum atomic E-state index is 13.8. The molecule has 0 saturated heterocycles. The van der Waals surface area contributed by atoms with E-state index in [-0.39, 0.29) is 53.5 Å². The molecule has 0 atom stereocenters. The van der Waals surface area contributed by atoms with Crippen molar-refractivity contribution in [2.75, 3.05) is 20.2 Å². The number of methoxy groups -OCH3 is 1. The summed E-state index contributed by atoms with van der Waals surface area (Å²) in [6.07, 6.45) is 2.98. The molecule has 6 rings (SSSR count). The van der Waals surface area contributed by atoms with E-state index in [1.807, 2.05) is 98.8 Å². The van der Waals surface area contributed by atoms with E-state index in [0.717, 1.165) is 21.6 Å². The number of amides is 1. The Bertz CT molecular complexity index is 2140. The number of carbonyl (C=O) groups excluding carboxylic acids is 3. The third-order valence-corrected chi connectivity index (χ3v) is 9.15. The molecule has 2 aromatic heterocycles. The number of ether oxygens (including phenoxy) is 1. The maximum absolute atomic E-state index is 13.8. The molecular weight excluding hydrogens is 650 g/mol. The number of ketones is 2. The van der Waals surface area contributed by atoms with Crippen LogP contribution in [-0.4, -0.2) is 73.2 Å². The number of hydrogen-bond acceptors (Lipinski definition) is 8. The van der Waals surface area contributed by atoms with E-state index in [2.05, 4.69) is 9.97 Å². The molecule has 1 fully saturated rings. The number of rotatable bonds is 11. The Labute approximate surface area is 293 Å². The first-order valence-electron chi connectivity index (χ1n) is 16.4. The molecule has 1 saturated carbocycles. The third kappa shape index (κ3) is 6.85. The van der Waals surface area contributed by atoms with Gasteiger partial charge >= 0.3 is 5.97 Å². The SMILES string of the molecule is COc1ccc(C(c2ccccc2)(c2ccccc2)c2nc3c(ncn3CC(=O)N(CC=C3C(=O)CC(C)(C)CC3=O)CC(=O)O)c(=O)[nH]2)cc1. The van der Waals surface area contributed by atoms with Crippen molar-refractivity contribution in [3.05, 3.63) is 136 Å². The van der Waals surface area contributed by atoms with Crippen LogP contribution in [0.5, 0.6) is 5.75 Å². The number of carboxylic acid groups (broad SMARTS) is 1. The first-order chi connectivity index (χ1) is 24.4. The fourth-order valence-corrected chi connectivity index (χ4v) is 6.75. The second-order valence-corrected chi connectivity index (χ2v) is 13.3. The molecule has 1 aliphatic rings. The van der Waals surface area contributed by atoms with Crippen molar-refractivity contribution in [2.24, 2.45) is 5.41 Å². The minimum atomic E-state index is -1.27.